The molecule has 0 radical (unpaired) electrons. The van der Waals surface area contributed by atoms with Crippen LogP contribution in [-0.4, -0.2) is 31.6 Å². The maximum Gasteiger partial charge on any atom is 0.573 e. The summed E-state index contributed by atoms with van der Waals surface area (Å²) >= 11 is 0. The second-order valence-corrected chi connectivity index (χ2v) is 6.39. The first-order valence-electron chi connectivity index (χ1n) is 8.50. The first-order valence-corrected chi connectivity index (χ1v) is 8.50. The van der Waals surface area contributed by atoms with Crippen molar-refractivity contribution in [1.29, 1.82) is 0 Å². The molecule has 0 saturated carbocycles. The molecule has 0 aliphatic carbocycles. The molecule has 6 nitrogen and oxygen atoms in total. The molecule has 0 saturated heterocycles. The molecule has 9 heteroatoms. The maximum absolute atomic E-state index is 12.7. The minimum Gasteiger partial charge on any atom is -0.504 e. The number of nitrogens with one attached hydrogen (secondary N) is 1. The lowest BCUT2D eigenvalue weighted by molar-refractivity contribution is -0.275. The quantitative estimate of drug-likeness (QED) is 0.442. The van der Waals surface area contributed by atoms with Crippen LogP contribution in [0.15, 0.2) is 54.9 Å². The maximum atomic E-state index is 12.7. The summed E-state index contributed by atoms with van der Waals surface area (Å²) in [6, 6.07) is 11.1. The average molecular weight is 396 g/mol. The van der Waals surface area contributed by atoms with E-state index in [1.165, 1.54) is 6.07 Å². The van der Waals surface area contributed by atoms with Gasteiger partial charge in [-0.3, -0.25) is 5.10 Å². The number of aromatic hydroxyl groups is 1. The fourth-order valence-electron chi connectivity index (χ4n) is 3.42. The van der Waals surface area contributed by atoms with Gasteiger partial charge in [0.25, 0.3) is 0 Å². The van der Waals surface area contributed by atoms with Gasteiger partial charge in [-0.25, -0.2) is 9.97 Å². The standard InChI is InChI=1S/C20H11F3N4O2/c21-20(22,23)29-16-7-10(5-6-15(16)28)18-13-8-24-19-17(13)12(9-25-27-19)11-3-1-2-4-14(11)26-18/h1-9,28H,(H,24,27). The first kappa shape index (κ1) is 17.2. The zero-order chi connectivity index (χ0) is 20.2. The van der Waals surface area contributed by atoms with E-state index in [4.69, 9.17) is 4.98 Å². The Balaban J connectivity index is 1.87. The van der Waals surface area contributed by atoms with Crippen LogP contribution in [0.4, 0.5) is 13.2 Å². The zero-order valence-corrected chi connectivity index (χ0v) is 14.5. The Morgan fingerprint density at radius 1 is 0.966 bits per heavy atom. The van der Waals surface area contributed by atoms with Crippen molar-refractivity contribution in [3.8, 4) is 22.8 Å². The summed E-state index contributed by atoms with van der Waals surface area (Å²) in [6.07, 6.45) is -1.68. The highest BCUT2D eigenvalue weighted by atomic mass is 19.4. The number of ether oxygens (including phenoxy) is 1. The van der Waals surface area contributed by atoms with Crippen molar-refractivity contribution in [2.24, 2.45) is 0 Å². The topological polar surface area (TPSA) is 83.9 Å². The number of hydrogen-bond donors (Lipinski definition) is 2. The van der Waals surface area contributed by atoms with Crippen molar-refractivity contribution in [3.05, 3.63) is 54.9 Å². The predicted molar refractivity (Wildman–Crippen MR) is 100 cm³/mol. The number of halogens is 3. The van der Waals surface area contributed by atoms with E-state index in [0.29, 0.717) is 27.8 Å². The fraction of sp³-hybridized carbons (Fsp3) is 0.0500. The van der Waals surface area contributed by atoms with Crippen LogP contribution in [-0.2, 0) is 0 Å². The van der Waals surface area contributed by atoms with E-state index in [1.54, 1.807) is 12.4 Å². The van der Waals surface area contributed by atoms with Crippen LogP contribution in [0.2, 0.25) is 0 Å². The number of aromatic amines is 1. The molecule has 0 atom stereocenters. The Bertz CT molecular complexity index is 1400. The van der Waals surface area contributed by atoms with Crippen molar-refractivity contribution in [2.45, 2.75) is 6.36 Å². The lowest BCUT2D eigenvalue weighted by Crippen LogP contribution is -2.17. The fourth-order valence-corrected chi connectivity index (χ4v) is 3.42. The number of fused-ring (bicyclic) bond motifs is 2. The Morgan fingerprint density at radius 3 is 2.62 bits per heavy atom. The van der Waals surface area contributed by atoms with Gasteiger partial charge in [-0.1, -0.05) is 18.2 Å². The molecule has 0 unspecified atom stereocenters. The van der Waals surface area contributed by atoms with Gasteiger partial charge < -0.3 is 9.84 Å². The summed E-state index contributed by atoms with van der Waals surface area (Å²) < 4.78 is 42.1. The molecular weight excluding hydrogens is 385 g/mol. The van der Waals surface area contributed by atoms with E-state index >= 15 is 0 Å². The van der Waals surface area contributed by atoms with Gasteiger partial charge in [0.2, 0.25) is 0 Å². The predicted octanol–water partition coefficient (Wildman–Crippen LogP) is 4.93. The van der Waals surface area contributed by atoms with Gasteiger partial charge in [-0.05, 0) is 24.3 Å². The SMILES string of the molecule is Oc1ccc(-c2nc3ccccc3c3cn[nH]c4ncc2c43)cc1OC(F)(F)F. The van der Waals surface area contributed by atoms with Crippen LogP contribution in [0.3, 0.4) is 0 Å². The second kappa shape index (κ2) is 6.06. The van der Waals surface area contributed by atoms with Crippen molar-refractivity contribution >= 4 is 32.7 Å². The monoisotopic (exact) mass is 396 g/mol. The van der Waals surface area contributed by atoms with Crippen molar-refractivity contribution < 1.29 is 23.0 Å². The van der Waals surface area contributed by atoms with E-state index in [0.717, 1.165) is 28.3 Å². The van der Waals surface area contributed by atoms with Crippen molar-refractivity contribution in [2.75, 3.05) is 0 Å². The number of aromatic nitrogens is 4. The number of H-pyrrole nitrogens is 1. The molecule has 3 heterocycles. The minimum absolute atomic E-state index is 0.343. The highest BCUT2D eigenvalue weighted by Gasteiger charge is 2.32. The van der Waals surface area contributed by atoms with E-state index in [-0.39, 0.29) is 0 Å². The molecule has 0 bridgehead atoms. The van der Waals surface area contributed by atoms with Crippen molar-refractivity contribution in [3.63, 3.8) is 0 Å². The Kier molecular flexibility index (Phi) is 3.60. The number of alkyl halides is 3. The van der Waals surface area contributed by atoms with Crippen LogP contribution in [0.1, 0.15) is 0 Å². The number of phenolic OH excluding ortho intramolecular Hbond substituents is 1. The molecule has 0 fully saturated rings. The number of hydrogen-bond acceptors (Lipinski definition) is 5. The molecule has 0 aliphatic rings. The van der Waals surface area contributed by atoms with Crippen LogP contribution >= 0.6 is 0 Å². The van der Waals surface area contributed by atoms with Gasteiger partial charge in [0.05, 0.1) is 17.4 Å². The number of phenols is 1. The molecule has 29 heavy (non-hydrogen) atoms. The Morgan fingerprint density at radius 2 is 1.79 bits per heavy atom. The average Bonchev–Trinajstić information content (AvgIpc) is 3.05. The third kappa shape index (κ3) is 2.87. The summed E-state index contributed by atoms with van der Waals surface area (Å²) in [5, 5.41) is 19.8. The van der Waals surface area contributed by atoms with Gasteiger partial charge in [0.15, 0.2) is 17.1 Å². The Labute approximate surface area is 160 Å². The zero-order valence-electron chi connectivity index (χ0n) is 14.5. The third-order valence-corrected chi connectivity index (χ3v) is 4.60. The number of nitrogens with zero attached hydrogens (tertiary/aromatic N) is 3. The molecule has 5 aromatic rings. The second-order valence-electron chi connectivity index (χ2n) is 6.39. The highest BCUT2D eigenvalue weighted by Crippen LogP contribution is 2.39. The molecule has 5 rings (SSSR count). The molecule has 2 aromatic carbocycles. The first-order chi connectivity index (χ1) is 13.9. The Hall–Kier alpha value is -3.88. The van der Waals surface area contributed by atoms with Gasteiger partial charge in [-0.2, -0.15) is 5.10 Å². The van der Waals surface area contributed by atoms with E-state index in [2.05, 4.69) is 19.9 Å². The molecule has 0 spiro atoms. The largest absolute Gasteiger partial charge is 0.573 e. The summed E-state index contributed by atoms with van der Waals surface area (Å²) in [7, 11) is 0. The molecular formula is C20H11F3N4O2. The van der Waals surface area contributed by atoms with Crippen LogP contribution < -0.4 is 4.74 Å². The molecule has 0 amide bonds. The smallest absolute Gasteiger partial charge is 0.504 e. The van der Waals surface area contributed by atoms with Gasteiger partial charge in [0.1, 0.15) is 0 Å². The minimum atomic E-state index is -4.93. The number of benzene rings is 2. The molecule has 144 valence electrons. The van der Waals surface area contributed by atoms with Gasteiger partial charge >= 0.3 is 6.36 Å². The van der Waals surface area contributed by atoms with E-state index < -0.39 is 17.9 Å². The van der Waals surface area contributed by atoms with Gasteiger partial charge in [-0.15, -0.1) is 13.2 Å². The summed E-state index contributed by atoms with van der Waals surface area (Å²) in [5.74, 6) is -1.32. The highest BCUT2D eigenvalue weighted by molar-refractivity contribution is 6.19. The van der Waals surface area contributed by atoms with Crippen LogP contribution in [0.5, 0.6) is 11.5 Å². The van der Waals surface area contributed by atoms with Crippen LogP contribution in [0, 0.1) is 0 Å². The normalized spacial score (nSPS) is 12.1. The number of rotatable bonds is 2. The van der Waals surface area contributed by atoms with E-state index in [9.17, 15) is 18.3 Å². The summed E-state index contributed by atoms with van der Waals surface area (Å²) in [4.78, 5) is 9.03. The van der Waals surface area contributed by atoms with Gasteiger partial charge in [0, 0.05) is 33.3 Å². The van der Waals surface area contributed by atoms with Crippen molar-refractivity contribution in [1.82, 2.24) is 20.2 Å². The number of para-hydroxylation sites is 1. The summed E-state index contributed by atoms with van der Waals surface area (Å²) in [6.45, 7) is 0. The van der Waals surface area contributed by atoms with Crippen LogP contribution in [0.25, 0.3) is 44.0 Å². The third-order valence-electron chi connectivity index (χ3n) is 4.60. The molecule has 0 aliphatic heterocycles. The molecule has 3 aromatic heterocycles. The lowest BCUT2D eigenvalue weighted by atomic mass is 10.1. The molecule has 2 N–H and O–H groups in total. The summed E-state index contributed by atoms with van der Waals surface area (Å²) in [5.41, 5.74) is 1.92. The van der Waals surface area contributed by atoms with E-state index in [1.807, 2.05) is 24.3 Å². The lowest BCUT2D eigenvalue weighted by Gasteiger charge is -2.11.